The van der Waals surface area contributed by atoms with E-state index in [1.54, 1.807) is 36.5 Å². The minimum Gasteiger partial charge on any atom is -0.378 e. The van der Waals surface area contributed by atoms with Crippen molar-refractivity contribution in [3.63, 3.8) is 0 Å². The smallest absolute Gasteiger partial charge is 0.378 e. The summed E-state index contributed by atoms with van der Waals surface area (Å²) in [6.45, 7) is 2.03. The van der Waals surface area contributed by atoms with Gasteiger partial charge in [0.05, 0.1) is 30.7 Å². The molecule has 1 aromatic carbocycles. The van der Waals surface area contributed by atoms with E-state index in [0.717, 1.165) is 31.5 Å². The largest absolute Gasteiger partial charge is 0.406 e. The zero-order valence-electron chi connectivity index (χ0n) is 20.1. The van der Waals surface area contributed by atoms with Crippen LogP contribution in [0.4, 0.5) is 19.1 Å². The fourth-order valence-corrected chi connectivity index (χ4v) is 4.73. The van der Waals surface area contributed by atoms with Crippen molar-refractivity contribution >= 4 is 22.9 Å². The molecule has 196 valence electrons. The maximum Gasteiger partial charge on any atom is 0.406 e. The first kappa shape index (κ1) is 25.3. The van der Waals surface area contributed by atoms with E-state index in [0.29, 0.717) is 28.2 Å². The van der Waals surface area contributed by atoms with Crippen LogP contribution in [0.1, 0.15) is 28.8 Å². The van der Waals surface area contributed by atoms with Crippen LogP contribution in [0, 0.1) is 0 Å². The van der Waals surface area contributed by atoms with Gasteiger partial charge in [-0.2, -0.15) is 13.2 Å². The molecular weight excluding hydrogens is 487 g/mol. The summed E-state index contributed by atoms with van der Waals surface area (Å²) in [5, 5.41) is 6.61. The molecule has 3 aromatic rings. The monoisotopic (exact) mass is 515 g/mol. The molecule has 2 atom stereocenters. The molecule has 37 heavy (non-hydrogen) atoms. The minimum absolute atomic E-state index is 0.144. The Morgan fingerprint density at radius 2 is 2.05 bits per heavy atom. The van der Waals surface area contributed by atoms with Gasteiger partial charge in [0, 0.05) is 31.2 Å². The van der Waals surface area contributed by atoms with Gasteiger partial charge in [0.15, 0.2) is 0 Å². The van der Waals surface area contributed by atoms with Crippen molar-refractivity contribution in [2.45, 2.75) is 37.6 Å². The van der Waals surface area contributed by atoms with Crippen molar-refractivity contribution in [1.29, 1.82) is 0 Å². The molecule has 0 saturated carbocycles. The minimum atomic E-state index is -4.36. The number of piperidine rings is 1. The summed E-state index contributed by atoms with van der Waals surface area (Å²) < 4.78 is 45.1. The average Bonchev–Trinajstić information content (AvgIpc) is 2.89. The van der Waals surface area contributed by atoms with Gasteiger partial charge in [-0.05, 0) is 31.0 Å². The Morgan fingerprint density at radius 3 is 2.76 bits per heavy atom. The predicted molar refractivity (Wildman–Crippen MR) is 132 cm³/mol. The summed E-state index contributed by atoms with van der Waals surface area (Å²) >= 11 is 0. The zero-order valence-corrected chi connectivity index (χ0v) is 20.1. The first-order valence-corrected chi connectivity index (χ1v) is 12.2. The van der Waals surface area contributed by atoms with E-state index >= 15 is 0 Å². The number of hydrogen-bond donors (Lipinski definition) is 3. The molecule has 2 aromatic heterocycles. The van der Waals surface area contributed by atoms with Crippen LogP contribution < -0.4 is 16.4 Å². The number of anilines is 1. The zero-order chi connectivity index (χ0) is 26.0. The second-order valence-corrected chi connectivity index (χ2v) is 9.33. The van der Waals surface area contributed by atoms with Crippen LogP contribution in [-0.4, -0.2) is 76.9 Å². The van der Waals surface area contributed by atoms with Gasteiger partial charge in [-0.25, -0.2) is 15.0 Å². The highest BCUT2D eigenvalue weighted by Crippen LogP contribution is 2.29. The molecule has 0 radical (unpaired) electrons. The third kappa shape index (κ3) is 5.81. The first-order chi connectivity index (χ1) is 17.8. The third-order valence-corrected chi connectivity index (χ3v) is 6.69. The van der Waals surface area contributed by atoms with E-state index in [9.17, 15) is 18.0 Å². The predicted octanol–water partition coefficient (Wildman–Crippen LogP) is 2.72. The van der Waals surface area contributed by atoms with Crippen molar-refractivity contribution in [3.05, 3.63) is 47.7 Å². The number of ether oxygens (including phenoxy) is 1. The van der Waals surface area contributed by atoms with Gasteiger partial charge >= 0.3 is 6.18 Å². The number of morpholine rings is 1. The van der Waals surface area contributed by atoms with Crippen LogP contribution in [0.5, 0.6) is 0 Å². The highest BCUT2D eigenvalue weighted by atomic mass is 19.4. The van der Waals surface area contributed by atoms with Crippen LogP contribution in [0.15, 0.2) is 36.5 Å². The van der Waals surface area contributed by atoms with Gasteiger partial charge in [0.2, 0.25) is 5.95 Å². The molecule has 5 rings (SSSR count). The van der Waals surface area contributed by atoms with Crippen molar-refractivity contribution in [3.8, 4) is 11.3 Å². The number of benzene rings is 1. The first-order valence-electron chi connectivity index (χ1n) is 12.2. The molecule has 0 bridgehead atoms. The lowest BCUT2D eigenvalue weighted by atomic mass is 10.0. The molecule has 0 unspecified atom stereocenters. The molecule has 1 amide bonds. The Morgan fingerprint density at radius 1 is 1.24 bits per heavy atom. The Hall–Kier alpha value is -3.35. The van der Waals surface area contributed by atoms with Gasteiger partial charge in [0.25, 0.3) is 5.91 Å². The van der Waals surface area contributed by atoms with Gasteiger partial charge in [-0.15, -0.1) is 0 Å². The highest BCUT2D eigenvalue weighted by molar-refractivity contribution is 6.05. The van der Waals surface area contributed by atoms with Gasteiger partial charge in [-0.3, -0.25) is 9.69 Å². The summed E-state index contributed by atoms with van der Waals surface area (Å²) in [7, 11) is 0. The number of aromatic nitrogens is 3. The lowest BCUT2D eigenvalue weighted by Gasteiger charge is -2.36. The number of pyridine rings is 1. The molecule has 0 spiro atoms. The number of nitrogens with two attached hydrogens (primary N) is 1. The Kier molecular flexibility index (Phi) is 7.22. The van der Waals surface area contributed by atoms with E-state index in [1.807, 2.05) is 0 Å². The maximum absolute atomic E-state index is 13.4. The standard InChI is InChI=1S/C25H28F3N7O2/c26-25(27,28)21-14-37-9-8-35(21)13-15-3-5-16(6-4-15)19-10-18(23(29)36)22-20(33-19)12-31-24(34-22)32-17-2-1-7-30-11-17/h3-6,10,12,17,21,30H,1-2,7-9,11,13-14H2,(H2,29,36)(H,31,32,34)/t17-,21-/m0/s1. The van der Waals surface area contributed by atoms with Gasteiger partial charge in [0.1, 0.15) is 17.1 Å². The normalized spacial score (nSPS) is 21.2. The Bertz CT molecular complexity index is 1260. The molecular formula is C25H28F3N7O2. The molecule has 12 heteroatoms. The second kappa shape index (κ2) is 10.6. The van der Waals surface area contributed by atoms with Gasteiger partial charge in [-0.1, -0.05) is 24.3 Å². The van der Waals surface area contributed by atoms with E-state index in [-0.39, 0.29) is 37.9 Å². The van der Waals surface area contributed by atoms with Crippen LogP contribution in [0.25, 0.3) is 22.3 Å². The lowest BCUT2D eigenvalue weighted by Crippen LogP contribution is -2.52. The number of hydrogen-bond acceptors (Lipinski definition) is 8. The molecule has 2 saturated heterocycles. The van der Waals surface area contributed by atoms with Crippen molar-refractivity contribution in [2.75, 3.05) is 38.2 Å². The number of carbonyl (C=O) groups excluding carboxylic acids is 1. The summed E-state index contributed by atoms with van der Waals surface area (Å²) in [5.74, 6) is -0.234. The third-order valence-electron chi connectivity index (χ3n) is 6.69. The Balaban J connectivity index is 1.38. The number of alkyl halides is 3. The summed E-state index contributed by atoms with van der Waals surface area (Å²) in [5.41, 5.74) is 8.59. The van der Waals surface area contributed by atoms with E-state index in [4.69, 9.17) is 10.5 Å². The molecule has 2 aliphatic heterocycles. The number of nitrogens with zero attached hydrogens (tertiary/aromatic N) is 4. The topological polar surface area (TPSA) is 118 Å². The number of amides is 1. The van der Waals surface area contributed by atoms with E-state index in [1.165, 1.54) is 4.90 Å². The highest BCUT2D eigenvalue weighted by Gasteiger charge is 2.45. The lowest BCUT2D eigenvalue weighted by molar-refractivity contribution is -0.213. The van der Waals surface area contributed by atoms with E-state index < -0.39 is 18.1 Å². The number of rotatable bonds is 6. The SMILES string of the molecule is NC(=O)c1cc(-c2ccc(CN3CCOC[C@H]3C(F)(F)F)cc2)nc2cnc(N[C@H]3CCCNC3)nc12. The summed E-state index contributed by atoms with van der Waals surface area (Å²) in [6.07, 6.45) is -0.754. The van der Waals surface area contributed by atoms with Crippen LogP contribution >= 0.6 is 0 Å². The van der Waals surface area contributed by atoms with Crippen molar-refractivity contribution in [1.82, 2.24) is 25.2 Å². The molecule has 2 aliphatic rings. The number of halogens is 3. The maximum atomic E-state index is 13.4. The fraction of sp³-hybridized carbons (Fsp3) is 0.440. The molecule has 4 heterocycles. The second-order valence-electron chi connectivity index (χ2n) is 9.33. The number of carbonyl (C=O) groups is 1. The average molecular weight is 516 g/mol. The molecule has 0 aliphatic carbocycles. The number of fused-ring (bicyclic) bond motifs is 1. The fourth-order valence-electron chi connectivity index (χ4n) is 4.73. The quantitative estimate of drug-likeness (QED) is 0.459. The number of nitrogens with one attached hydrogen (secondary N) is 2. The summed E-state index contributed by atoms with van der Waals surface area (Å²) in [4.78, 5) is 27.2. The Labute approximate surface area is 211 Å². The summed E-state index contributed by atoms with van der Waals surface area (Å²) in [6, 6.07) is 7.20. The van der Waals surface area contributed by atoms with Crippen LogP contribution in [0.3, 0.4) is 0 Å². The van der Waals surface area contributed by atoms with Crippen LogP contribution in [0.2, 0.25) is 0 Å². The van der Waals surface area contributed by atoms with Crippen LogP contribution in [-0.2, 0) is 11.3 Å². The van der Waals surface area contributed by atoms with E-state index in [2.05, 4.69) is 25.6 Å². The molecule has 9 nitrogen and oxygen atoms in total. The molecule has 4 N–H and O–H groups in total. The van der Waals surface area contributed by atoms with Crippen molar-refractivity contribution in [2.24, 2.45) is 5.73 Å². The molecule has 2 fully saturated rings. The number of primary amides is 1. The van der Waals surface area contributed by atoms with Crippen molar-refractivity contribution < 1.29 is 22.7 Å². The van der Waals surface area contributed by atoms with Gasteiger partial charge < -0.3 is 21.1 Å².